The van der Waals surface area contributed by atoms with Crippen LogP contribution in [0.4, 0.5) is 0 Å². The number of ether oxygens (including phenoxy) is 4. The maximum Gasteiger partial charge on any atom is 0.208 e. The lowest BCUT2D eigenvalue weighted by atomic mass is 9.85. The monoisotopic (exact) mass is 704 g/mol. The topological polar surface area (TPSA) is 129 Å². The molecule has 0 aromatic heterocycles. The van der Waals surface area contributed by atoms with Crippen LogP contribution in [0.2, 0.25) is 54.4 Å². The zero-order valence-corrected chi connectivity index (χ0v) is 34.0. The average molecular weight is 705 g/mol. The minimum atomic E-state index is -2.19. The summed E-state index contributed by atoms with van der Waals surface area (Å²) in [5.74, 6) is -0.396. The van der Waals surface area contributed by atoms with Crippen LogP contribution in [0.5, 0.6) is 0 Å². The molecule has 11 atom stereocenters. The highest BCUT2D eigenvalue weighted by molar-refractivity contribution is 6.75. The molecule has 3 heterocycles. The maximum absolute atomic E-state index is 11.1. The van der Waals surface area contributed by atoms with Crippen molar-refractivity contribution in [1.29, 1.82) is 0 Å². The lowest BCUT2D eigenvalue weighted by Gasteiger charge is -2.45. The molecule has 0 aromatic carbocycles. The highest BCUT2D eigenvalue weighted by atomic mass is 28.4. The molecule has 0 spiro atoms. The zero-order valence-electron chi connectivity index (χ0n) is 31.0. The van der Waals surface area contributed by atoms with Crippen LogP contribution in [0, 0.1) is 11.8 Å². The summed E-state index contributed by atoms with van der Waals surface area (Å²) in [4.78, 5) is 0. The van der Waals surface area contributed by atoms with Crippen molar-refractivity contribution in [2.45, 2.75) is 172 Å². The predicted molar refractivity (Wildman–Crippen MR) is 185 cm³/mol. The molecular formula is C33H64O10Si3. The van der Waals surface area contributed by atoms with Crippen LogP contribution >= 0.6 is 0 Å². The Morgan fingerprint density at radius 3 is 1.80 bits per heavy atom. The van der Waals surface area contributed by atoms with E-state index >= 15 is 0 Å². The smallest absolute Gasteiger partial charge is 0.208 e. The largest absolute Gasteiger partial charge is 0.472 e. The Hall–Kier alpha value is -0.169. The fraction of sp³-hybridized carbons (Fsp3) is 0.939. The van der Waals surface area contributed by atoms with Gasteiger partial charge in [-0.15, -0.1) is 0 Å². The summed E-state index contributed by atoms with van der Waals surface area (Å²) in [5.41, 5.74) is -0.703. The molecule has 10 nitrogen and oxygen atoms in total. The molecule has 0 aromatic rings. The summed E-state index contributed by atoms with van der Waals surface area (Å²) >= 11 is 0. The quantitative estimate of drug-likeness (QED) is 0.198. The van der Waals surface area contributed by atoms with Crippen molar-refractivity contribution in [2.75, 3.05) is 13.2 Å². The fourth-order valence-electron chi connectivity index (χ4n) is 5.79. The van der Waals surface area contributed by atoms with Gasteiger partial charge in [-0.25, -0.2) is 0 Å². The van der Waals surface area contributed by atoms with Crippen LogP contribution in [-0.4, -0.2) is 108 Å². The molecule has 4 rings (SSSR count). The van der Waals surface area contributed by atoms with E-state index in [1.165, 1.54) is 0 Å². The van der Waals surface area contributed by atoms with Crippen molar-refractivity contribution >= 4 is 25.0 Å². The van der Waals surface area contributed by atoms with E-state index in [4.69, 9.17) is 32.2 Å². The Balaban J connectivity index is 1.60. The van der Waals surface area contributed by atoms with Gasteiger partial charge in [-0.2, -0.15) is 0 Å². The highest BCUT2D eigenvalue weighted by Gasteiger charge is 2.77. The Morgan fingerprint density at radius 2 is 1.26 bits per heavy atom. The molecule has 4 aliphatic rings. The average Bonchev–Trinajstić information content (AvgIpc) is 3.57. The van der Waals surface area contributed by atoms with Crippen molar-refractivity contribution in [3.8, 4) is 0 Å². The lowest BCUT2D eigenvalue weighted by molar-refractivity contribution is -0.344. The first-order valence-electron chi connectivity index (χ1n) is 17.0. The van der Waals surface area contributed by atoms with Crippen LogP contribution < -0.4 is 0 Å². The van der Waals surface area contributed by atoms with E-state index in [1.54, 1.807) is 6.26 Å². The minimum absolute atomic E-state index is 0.00355. The molecular weight excluding hydrogens is 641 g/mol. The highest BCUT2D eigenvalue weighted by Crippen LogP contribution is 2.62. The van der Waals surface area contributed by atoms with E-state index in [9.17, 15) is 15.3 Å². The first-order valence-corrected chi connectivity index (χ1v) is 25.7. The van der Waals surface area contributed by atoms with Crippen LogP contribution in [0.1, 0.15) is 62.3 Å². The summed E-state index contributed by atoms with van der Waals surface area (Å²) in [6.07, 6.45) is -4.09. The van der Waals surface area contributed by atoms with Gasteiger partial charge in [-0.05, 0) is 60.5 Å². The summed E-state index contributed by atoms with van der Waals surface area (Å²) < 4.78 is 45.5. The van der Waals surface area contributed by atoms with Gasteiger partial charge in [0.25, 0.3) is 0 Å². The summed E-state index contributed by atoms with van der Waals surface area (Å²) in [5, 5.41) is 32.8. The Labute approximate surface area is 280 Å². The molecule has 3 aliphatic heterocycles. The normalized spacial score (nSPS) is 38.7. The molecule has 2 saturated heterocycles. The van der Waals surface area contributed by atoms with E-state index in [0.717, 1.165) is 0 Å². The summed E-state index contributed by atoms with van der Waals surface area (Å²) in [6, 6.07) is 0. The van der Waals surface area contributed by atoms with Crippen molar-refractivity contribution in [1.82, 2.24) is 0 Å². The molecule has 0 radical (unpaired) electrons. The number of epoxide rings is 1. The molecule has 1 saturated carbocycles. The van der Waals surface area contributed by atoms with E-state index in [2.05, 4.69) is 102 Å². The number of fused-ring (bicyclic) bond motifs is 3. The van der Waals surface area contributed by atoms with Crippen molar-refractivity contribution in [3.63, 3.8) is 0 Å². The Morgan fingerprint density at radius 1 is 0.717 bits per heavy atom. The van der Waals surface area contributed by atoms with Gasteiger partial charge < -0.3 is 47.5 Å². The van der Waals surface area contributed by atoms with Gasteiger partial charge >= 0.3 is 0 Å². The third kappa shape index (κ3) is 7.18. The molecule has 46 heavy (non-hydrogen) atoms. The van der Waals surface area contributed by atoms with Gasteiger partial charge in [-0.1, -0.05) is 62.3 Å². The SMILES string of the molecule is CC(C)(C)[Si](C)(C)OC[C@H]1O[C@@H](O[C@@H]2OC=C[C@H]3[C@@H](O[Si](C)(C)C(C)(C)C)[C@@H]4O[C@]4(CO[Si](C)(C)C(C)(C)C)[C@@H]23)[C@H](O)[C@@H](O)[C@@H]1O. The van der Waals surface area contributed by atoms with Gasteiger partial charge in [0.1, 0.15) is 36.1 Å². The number of rotatable bonds is 10. The second-order valence-electron chi connectivity index (χ2n) is 18.5. The summed E-state index contributed by atoms with van der Waals surface area (Å²) in [7, 11) is -6.50. The van der Waals surface area contributed by atoms with E-state index in [-0.39, 0.29) is 45.8 Å². The van der Waals surface area contributed by atoms with Crippen molar-refractivity contribution < 1.29 is 47.5 Å². The van der Waals surface area contributed by atoms with Gasteiger partial charge in [0.2, 0.25) is 6.29 Å². The Kier molecular flexibility index (Phi) is 10.5. The number of aliphatic hydroxyl groups excluding tert-OH is 3. The minimum Gasteiger partial charge on any atom is -0.472 e. The van der Waals surface area contributed by atoms with Gasteiger partial charge in [-0.3, -0.25) is 0 Å². The molecule has 268 valence electrons. The first-order chi connectivity index (χ1) is 20.7. The standard InChI is InChI=1S/C33H64O10Si3/c1-30(2,3)44(10,11)38-18-21-23(34)24(35)25(36)29(40-21)41-28-22-20(16-17-37-28)26(43-46(14,15)32(7,8)9)27-33(22,42-27)19-39-45(12,13)31(4,5)6/h16-17,20-29,34-36H,18-19H2,1-15H3/t20-,21-,22-,23-,24+,25-,26-,27+,28+,29+,33-/m1/s1. The zero-order chi connectivity index (χ0) is 35.1. The maximum atomic E-state index is 11.1. The van der Waals surface area contributed by atoms with Crippen LogP contribution in [0.15, 0.2) is 12.3 Å². The molecule has 0 amide bonds. The van der Waals surface area contributed by atoms with E-state index < -0.39 is 67.5 Å². The summed E-state index contributed by atoms with van der Waals surface area (Å²) in [6.45, 7) is 33.4. The second-order valence-corrected chi connectivity index (χ2v) is 32.9. The molecule has 13 heteroatoms. The lowest BCUT2D eigenvalue weighted by Crippen LogP contribution is -2.61. The number of hydrogen-bond donors (Lipinski definition) is 3. The van der Waals surface area contributed by atoms with Gasteiger partial charge in [0.15, 0.2) is 31.2 Å². The van der Waals surface area contributed by atoms with Crippen molar-refractivity contribution in [3.05, 3.63) is 12.3 Å². The van der Waals surface area contributed by atoms with Crippen LogP contribution in [0.25, 0.3) is 0 Å². The van der Waals surface area contributed by atoms with Crippen LogP contribution in [0.3, 0.4) is 0 Å². The van der Waals surface area contributed by atoms with Gasteiger partial charge in [0, 0.05) is 5.92 Å². The number of aliphatic hydroxyl groups is 3. The molecule has 3 fully saturated rings. The van der Waals surface area contributed by atoms with E-state index in [0.29, 0.717) is 6.61 Å². The fourth-order valence-corrected chi connectivity index (χ4v) is 9.14. The molecule has 0 unspecified atom stereocenters. The third-order valence-corrected chi connectivity index (χ3v) is 25.7. The molecule has 3 N–H and O–H groups in total. The Bertz CT molecular complexity index is 1110. The third-order valence-electron chi connectivity index (χ3n) is 12.3. The van der Waals surface area contributed by atoms with Crippen molar-refractivity contribution in [2.24, 2.45) is 11.8 Å². The predicted octanol–water partition coefficient (Wildman–Crippen LogP) is 5.50. The van der Waals surface area contributed by atoms with Gasteiger partial charge in [0.05, 0.1) is 31.5 Å². The number of hydrogen-bond acceptors (Lipinski definition) is 10. The van der Waals surface area contributed by atoms with E-state index in [1.807, 2.05) is 6.08 Å². The second kappa shape index (κ2) is 12.6. The first kappa shape index (κ1) is 38.6. The van der Waals surface area contributed by atoms with Crippen LogP contribution in [-0.2, 0) is 32.2 Å². The molecule has 0 bridgehead atoms. The molecule has 1 aliphatic carbocycles.